The van der Waals surface area contributed by atoms with Gasteiger partial charge in [-0.15, -0.1) is 0 Å². The Morgan fingerprint density at radius 3 is 2.23 bits per heavy atom. The number of carbonyl (C=O) groups is 1. The van der Waals surface area contributed by atoms with Crippen LogP contribution in [0.25, 0.3) is 11.1 Å². The third-order valence-corrected chi connectivity index (χ3v) is 2.91. The van der Waals surface area contributed by atoms with E-state index < -0.39 is 16.5 Å². The first-order chi connectivity index (χ1) is 10.3. The maximum absolute atomic E-state index is 12.1. The van der Waals surface area contributed by atoms with Crippen LogP contribution in [0.1, 0.15) is 31.1 Å². The smallest absolute Gasteiger partial charge is 0.338 e. The van der Waals surface area contributed by atoms with Gasteiger partial charge in [-0.1, -0.05) is 12.1 Å². The number of nitro benzene ring substituents is 1. The van der Waals surface area contributed by atoms with Crippen LogP contribution < -0.4 is 0 Å². The van der Waals surface area contributed by atoms with Crippen LogP contribution in [0.2, 0.25) is 0 Å². The van der Waals surface area contributed by atoms with Crippen LogP contribution in [0.4, 0.5) is 5.69 Å². The van der Waals surface area contributed by atoms with Gasteiger partial charge in [-0.25, -0.2) is 4.79 Å². The number of rotatable bonds is 3. The average molecular weight is 299 g/mol. The Morgan fingerprint density at radius 1 is 1.05 bits per heavy atom. The SMILES string of the molecule is CC(C)(C)OC(=O)c1cccc(-c2ccc([N+](=O)[O-])cc2)c1. The van der Waals surface area contributed by atoms with Gasteiger partial charge in [0.15, 0.2) is 0 Å². The Kier molecular flexibility index (Phi) is 4.26. The van der Waals surface area contributed by atoms with Crippen LogP contribution in [0.3, 0.4) is 0 Å². The summed E-state index contributed by atoms with van der Waals surface area (Å²) in [5, 5.41) is 10.7. The Labute approximate surface area is 128 Å². The van der Waals surface area contributed by atoms with E-state index in [0.717, 1.165) is 11.1 Å². The topological polar surface area (TPSA) is 69.4 Å². The summed E-state index contributed by atoms with van der Waals surface area (Å²) >= 11 is 0. The second-order valence-corrected chi connectivity index (χ2v) is 5.89. The molecular formula is C17H17NO4. The van der Waals surface area contributed by atoms with Crippen molar-refractivity contribution in [1.29, 1.82) is 0 Å². The van der Waals surface area contributed by atoms with E-state index in [4.69, 9.17) is 4.74 Å². The van der Waals surface area contributed by atoms with Gasteiger partial charge in [-0.3, -0.25) is 10.1 Å². The molecule has 2 aromatic carbocycles. The second kappa shape index (κ2) is 5.97. The van der Waals surface area contributed by atoms with Crippen molar-refractivity contribution in [2.24, 2.45) is 0 Å². The minimum Gasteiger partial charge on any atom is -0.456 e. The van der Waals surface area contributed by atoms with Gasteiger partial charge < -0.3 is 4.74 Å². The first-order valence-electron chi connectivity index (χ1n) is 6.84. The summed E-state index contributed by atoms with van der Waals surface area (Å²) in [5.74, 6) is -0.392. The summed E-state index contributed by atoms with van der Waals surface area (Å²) in [6.45, 7) is 5.43. The summed E-state index contributed by atoms with van der Waals surface area (Å²) in [6.07, 6.45) is 0. The molecule has 114 valence electrons. The molecule has 5 nitrogen and oxygen atoms in total. The van der Waals surface area contributed by atoms with Gasteiger partial charge in [0, 0.05) is 12.1 Å². The fourth-order valence-electron chi connectivity index (χ4n) is 1.94. The summed E-state index contributed by atoms with van der Waals surface area (Å²) < 4.78 is 5.34. The second-order valence-electron chi connectivity index (χ2n) is 5.89. The van der Waals surface area contributed by atoms with Crippen LogP contribution in [0.15, 0.2) is 48.5 Å². The Bertz CT molecular complexity index is 699. The highest BCUT2D eigenvalue weighted by Gasteiger charge is 2.18. The standard InChI is InChI=1S/C17H17NO4/c1-17(2,3)22-16(19)14-6-4-5-13(11-14)12-7-9-15(10-8-12)18(20)21/h4-11H,1-3H3. The monoisotopic (exact) mass is 299 g/mol. The molecule has 0 atom stereocenters. The fourth-order valence-corrected chi connectivity index (χ4v) is 1.94. The van der Waals surface area contributed by atoms with Gasteiger partial charge in [0.25, 0.3) is 5.69 Å². The molecule has 0 unspecified atom stereocenters. The number of esters is 1. The molecule has 0 saturated carbocycles. The third-order valence-electron chi connectivity index (χ3n) is 2.91. The molecule has 2 aromatic rings. The zero-order valence-electron chi connectivity index (χ0n) is 12.7. The molecular weight excluding hydrogens is 282 g/mol. The number of carbonyl (C=O) groups excluding carboxylic acids is 1. The minimum atomic E-state index is -0.555. The van der Waals surface area contributed by atoms with Crippen LogP contribution >= 0.6 is 0 Å². The first kappa shape index (κ1) is 15.7. The van der Waals surface area contributed by atoms with Crippen molar-refractivity contribution in [3.63, 3.8) is 0 Å². The minimum absolute atomic E-state index is 0.0343. The molecule has 0 aliphatic rings. The molecule has 0 N–H and O–H groups in total. The Morgan fingerprint density at radius 2 is 1.68 bits per heavy atom. The molecule has 0 aliphatic heterocycles. The lowest BCUT2D eigenvalue weighted by atomic mass is 10.0. The van der Waals surface area contributed by atoms with E-state index in [0.29, 0.717) is 5.56 Å². The van der Waals surface area contributed by atoms with Crippen LogP contribution in [0.5, 0.6) is 0 Å². The van der Waals surface area contributed by atoms with E-state index in [9.17, 15) is 14.9 Å². The maximum atomic E-state index is 12.1. The van der Waals surface area contributed by atoms with Crippen LogP contribution in [-0.2, 0) is 4.74 Å². The summed E-state index contributed by atoms with van der Waals surface area (Å²) in [7, 11) is 0. The molecule has 0 fully saturated rings. The quantitative estimate of drug-likeness (QED) is 0.483. The van der Waals surface area contributed by atoms with Gasteiger partial charge in [0.05, 0.1) is 10.5 Å². The van der Waals surface area contributed by atoms with Crippen molar-refractivity contribution < 1.29 is 14.5 Å². The van der Waals surface area contributed by atoms with Gasteiger partial charge in [-0.05, 0) is 56.2 Å². The third kappa shape index (κ3) is 3.91. The highest BCUT2D eigenvalue weighted by Crippen LogP contribution is 2.24. The van der Waals surface area contributed by atoms with Crippen molar-refractivity contribution in [3.8, 4) is 11.1 Å². The largest absolute Gasteiger partial charge is 0.456 e. The summed E-state index contributed by atoms with van der Waals surface area (Å²) in [5.41, 5.74) is 1.53. The highest BCUT2D eigenvalue weighted by atomic mass is 16.6. The lowest BCUT2D eigenvalue weighted by molar-refractivity contribution is -0.384. The molecule has 0 amide bonds. The fraction of sp³-hybridized carbons (Fsp3) is 0.235. The Hall–Kier alpha value is -2.69. The number of non-ortho nitro benzene ring substituents is 1. The van der Waals surface area contributed by atoms with Crippen molar-refractivity contribution in [3.05, 3.63) is 64.2 Å². The van der Waals surface area contributed by atoms with E-state index in [1.807, 2.05) is 26.8 Å². The molecule has 0 aromatic heterocycles. The van der Waals surface area contributed by atoms with E-state index in [1.54, 1.807) is 30.3 Å². The van der Waals surface area contributed by atoms with E-state index >= 15 is 0 Å². The van der Waals surface area contributed by atoms with E-state index in [-0.39, 0.29) is 5.69 Å². The molecule has 2 rings (SSSR count). The molecule has 0 spiro atoms. The van der Waals surface area contributed by atoms with Crippen molar-refractivity contribution in [2.45, 2.75) is 26.4 Å². The zero-order chi connectivity index (χ0) is 16.3. The van der Waals surface area contributed by atoms with E-state index in [1.165, 1.54) is 12.1 Å². The number of benzene rings is 2. The van der Waals surface area contributed by atoms with Gasteiger partial charge in [0.1, 0.15) is 5.60 Å². The maximum Gasteiger partial charge on any atom is 0.338 e. The number of nitrogens with zero attached hydrogens (tertiary/aromatic N) is 1. The molecule has 0 bridgehead atoms. The van der Waals surface area contributed by atoms with Crippen LogP contribution in [0, 0.1) is 10.1 Å². The lowest BCUT2D eigenvalue weighted by Crippen LogP contribution is -2.23. The van der Waals surface area contributed by atoms with Crippen LogP contribution in [-0.4, -0.2) is 16.5 Å². The number of hydrogen-bond donors (Lipinski definition) is 0. The highest BCUT2D eigenvalue weighted by molar-refractivity contribution is 5.91. The van der Waals surface area contributed by atoms with Gasteiger partial charge in [-0.2, -0.15) is 0 Å². The molecule has 0 saturated heterocycles. The summed E-state index contributed by atoms with van der Waals surface area (Å²) in [4.78, 5) is 22.3. The van der Waals surface area contributed by atoms with Gasteiger partial charge in [0.2, 0.25) is 0 Å². The van der Waals surface area contributed by atoms with Crippen molar-refractivity contribution >= 4 is 11.7 Å². The van der Waals surface area contributed by atoms with Crippen molar-refractivity contribution in [1.82, 2.24) is 0 Å². The lowest BCUT2D eigenvalue weighted by Gasteiger charge is -2.19. The molecule has 0 aliphatic carbocycles. The Balaban J connectivity index is 2.28. The molecule has 22 heavy (non-hydrogen) atoms. The predicted octanol–water partition coefficient (Wildman–Crippen LogP) is 4.22. The number of nitro groups is 1. The predicted molar refractivity (Wildman–Crippen MR) is 83.7 cm³/mol. The van der Waals surface area contributed by atoms with Crippen molar-refractivity contribution in [2.75, 3.05) is 0 Å². The molecule has 0 radical (unpaired) electrons. The normalized spacial score (nSPS) is 11.0. The first-order valence-corrected chi connectivity index (χ1v) is 6.84. The summed E-state index contributed by atoms with van der Waals surface area (Å²) in [6, 6.07) is 13.2. The molecule has 5 heteroatoms. The number of hydrogen-bond acceptors (Lipinski definition) is 4. The molecule has 0 heterocycles. The van der Waals surface area contributed by atoms with E-state index in [2.05, 4.69) is 0 Å². The van der Waals surface area contributed by atoms with Gasteiger partial charge >= 0.3 is 5.97 Å². The zero-order valence-corrected chi connectivity index (χ0v) is 12.7. The average Bonchev–Trinajstić information content (AvgIpc) is 2.46. The number of ether oxygens (including phenoxy) is 1.